The first kappa shape index (κ1) is 29.0. The predicted molar refractivity (Wildman–Crippen MR) is 130 cm³/mol. The van der Waals surface area contributed by atoms with Crippen LogP contribution in [0.25, 0.3) is 0 Å². The molecule has 0 aromatic heterocycles. The third-order valence-electron chi connectivity index (χ3n) is 4.67. The number of nitrogens with one attached hydrogen (secondary N) is 2. The zero-order chi connectivity index (χ0) is 23.8. The van der Waals surface area contributed by atoms with Crippen LogP contribution in [0.1, 0.15) is 73.6 Å². The summed E-state index contributed by atoms with van der Waals surface area (Å²) in [4.78, 5) is 34.9. The van der Waals surface area contributed by atoms with Gasteiger partial charge in [-0.2, -0.15) is 11.8 Å². The van der Waals surface area contributed by atoms with Gasteiger partial charge in [-0.3, -0.25) is 9.59 Å². The fourth-order valence-electron chi connectivity index (χ4n) is 2.77. The molecular weight excluding hydrogens is 412 g/mol. The number of aliphatic carboxylic acids is 1. The van der Waals surface area contributed by atoms with E-state index in [1.165, 1.54) is 35.4 Å². The van der Waals surface area contributed by atoms with Gasteiger partial charge < -0.3 is 15.7 Å². The Hall–Kier alpha value is -2.02. The summed E-state index contributed by atoms with van der Waals surface area (Å²) in [6, 6.07) is -1.70. The second-order valence-corrected chi connectivity index (χ2v) is 9.13. The molecule has 0 aromatic carbocycles. The van der Waals surface area contributed by atoms with Crippen LogP contribution in [0.3, 0.4) is 0 Å². The highest BCUT2D eigenvalue weighted by Gasteiger charge is 2.24. The molecule has 6 nitrogen and oxygen atoms in total. The molecule has 3 N–H and O–H groups in total. The van der Waals surface area contributed by atoms with Gasteiger partial charge in [0.1, 0.15) is 12.1 Å². The van der Waals surface area contributed by atoms with Gasteiger partial charge >= 0.3 is 5.97 Å². The molecule has 0 aliphatic carbocycles. The van der Waals surface area contributed by atoms with Crippen molar-refractivity contribution in [3.8, 4) is 0 Å². The van der Waals surface area contributed by atoms with Gasteiger partial charge in [-0.05, 0) is 59.8 Å². The number of allylic oxidation sites excluding steroid dienone is 5. The lowest BCUT2D eigenvalue weighted by Crippen LogP contribution is -2.51. The molecule has 0 heterocycles. The zero-order valence-corrected chi connectivity index (χ0v) is 20.7. The van der Waals surface area contributed by atoms with Crippen LogP contribution in [0.15, 0.2) is 34.9 Å². The number of hydrogen-bond donors (Lipinski definition) is 3. The Kier molecular flexibility index (Phi) is 15.6. The van der Waals surface area contributed by atoms with Crippen LogP contribution in [-0.2, 0) is 14.4 Å². The molecule has 176 valence electrons. The number of carbonyl (C=O) groups is 3. The average molecular weight is 453 g/mol. The van der Waals surface area contributed by atoms with Crippen molar-refractivity contribution in [2.24, 2.45) is 0 Å². The standard InChI is InChI=1S/C24H40N2O4S/c1-7-21(25-20(6)27)23(28)26-22(24(29)30)16-31-15-14-19(5)13-9-12-18(4)11-8-10-17(2)3/h10,12,14,21-22H,7-9,11,13,15-16H2,1-6H3,(H,25,27)(H,26,28)(H,29,30)/b18-12+,19-14+/t21?,22-/m0/s1. The molecule has 0 radical (unpaired) electrons. The van der Waals surface area contributed by atoms with Crippen LogP contribution in [-0.4, -0.2) is 46.5 Å². The van der Waals surface area contributed by atoms with Crippen molar-refractivity contribution in [2.75, 3.05) is 11.5 Å². The molecule has 0 spiro atoms. The number of rotatable bonds is 15. The van der Waals surface area contributed by atoms with Crippen molar-refractivity contribution in [1.29, 1.82) is 0 Å². The smallest absolute Gasteiger partial charge is 0.327 e. The lowest BCUT2D eigenvalue weighted by Gasteiger charge is -2.19. The summed E-state index contributed by atoms with van der Waals surface area (Å²) in [5, 5.41) is 14.4. The van der Waals surface area contributed by atoms with E-state index >= 15 is 0 Å². The summed E-state index contributed by atoms with van der Waals surface area (Å²) in [6.45, 7) is 11.6. The van der Waals surface area contributed by atoms with E-state index < -0.39 is 24.0 Å². The molecule has 2 atom stereocenters. The van der Waals surface area contributed by atoms with E-state index in [1.54, 1.807) is 6.92 Å². The van der Waals surface area contributed by atoms with E-state index in [4.69, 9.17) is 0 Å². The summed E-state index contributed by atoms with van der Waals surface area (Å²) in [6.07, 6.45) is 11.2. The molecule has 0 aliphatic heterocycles. The van der Waals surface area contributed by atoms with Gasteiger partial charge in [0.2, 0.25) is 11.8 Å². The molecule has 0 aliphatic rings. The third-order valence-corrected chi connectivity index (χ3v) is 5.65. The van der Waals surface area contributed by atoms with Crippen molar-refractivity contribution in [1.82, 2.24) is 10.6 Å². The molecule has 0 saturated heterocycles. The molecule has 0 bridgehead atoms. The fraction of sp³-hybridized carbons (Fsp3) is 0.625. The fourth-order valence-corrected chi connectivity index (χ4v) is 3.77. The Morgan fingerprint density at radius 3 is 1.97 bits per heavy atom. The van der Waals surface area contributed by atoms with Gasteiger partial charge in [-0.25, -0.2) is 4.79 Å². The molecule has 31 heavy (non-hydrogen) atoms. The highest BCUT2D eigenvalue weighted by Crippen LogP contribution is 2.13. The largest absolute Gasteiger partial charge is 0.480 e. The molecule has 7 heteroatoms. The predicted octanol–water partition coefficient (Wildman–Crippen LogP) is 4.62. The Labute approximate surface area is 192 Å². The Balaban J connectivity index is 4.40. The maximum absolute atomic E-state index is 12.2. The summed E-state index contributed by atoms with van der Waals surface area (Å²) >= 11 is 1.47. The number of carboxylic acids is 1. The van der Waals surface area contributed by atoms with Crippen LogP contribution in [0, 0.1) is 0 Å². The van der Waals surface area contributed by atoms with E-state index in [9.17, 15) is 19.5 Å². The summed E-state index contributed by atoms with van der Waals surface area (Å²) in [7, 11) is 0. The lowest BCUT2D eigenvalue weighted by molar-refractivity contribution is -0.141. The number of thioether (sulfide) groups is 1. The Bertz CT molecular complexity index is 679. The topological polar surface area (TPSA) is 95.5 Å². The number of carboxylic acid groups (broad SMARTS) is 1. The van der Waals surface area contributed by atoms with Gasteiger partial charge in [0.15, 0.2) is 0 Å². The molecule has 0 saturated carbocycles. The Morgan fingerprint density at radius 1 is 0.871 bits per heavy atom. The van der Waals surface area contributed by atoms with Crippen LogP contribution in [0.4, 0.5) is 0 Å². The second kappa shape index (κ2) is 16.6. The van der Waals surface area contributed by atoms with E-state index in [1.807, 2.05) is 0 Å². The third kappa shape index (κ3) is 15.4. The van der Waals surface area contributed by atoms with E-state index in [2.05, 4.69) is 56.6 Å². The number of hydrogen-bond acceptors (Lipinski definition) is 4. The minimum absolute atomic E-state index is 0.269. The van der Waals surface area contributed by atoms with Crippen LogP contribution in [0.5, 0.6) is 0 Å². The van der Waals surface area contributed by atoms with E-state index in [0.29, 0.717) is 12.2 Å². The van der Waals surface area contributed by atoms with Crippen molar-refractivity contribution in [3.63, 3.8) is 0 Å². The minimum Gasteiger partial charge on any atom is -0.480 e. The van der Waals surface area contributed by atoms with Crippen molar-refractivity contribution in [3.05, 3.63) is 34.9 Å². The zero-order valence-electron chi connectivity index (χ0n) is 19.9. The van der Waals surface area contributed by atoms with Crippen LogP contribution >= 0.6 is 11.8 Å². The van der Waals surface area contributed by atoms with Gasteiger partial charge in [-0.15, -0.1) is 0 Å². The van der Waals surface area contributed by atoms with Gasteiger partial charge in [0, 0.05) is 18.4 Å². The molecule has 1 unspecified atom stereocenters. The quantitative estimate of drug-likeness (QED) is 0.249. The maximum Gasteiger partial charge on any atom is 0.327 e. The second-order valence-electron chi connectivity index (χ2n) is 8.06. The van der Waals surface area contributed by atoms with Crippen molar-refractivity contribution >= 4 is 29.5 Å². The van der Waals surface area contributed by atoms with Crippen molar-refractivity contribution < 1.29 is 19.5 Å². The van der Waals surface area contributed by atoms with Crippen LogP contribution in [0.2, 0.25) is 0 Å². The first-order chi connectivity index (χ1) is 14.6. The highest BCUT2D eigenvalue weighted by molar-refractivity contribution is 7.99. The lowest BCUT2D eigenvalue weighted by atomic mass is 10.1. The Morgan fingerprint density at radius 2 is 1.45 bits per heavy atom. The molecular formula is C24H40N2O4S. The SMILES string of the molecule is CCC(NC(C)=O)C(=O)N[C@@H](CSC/C=C(\C)CC/C=C(\C)CCC=C(C)C)C(=O)O. The van der Waals surface area contributed by atoms with Gasteiger partial charge in [0.25, 0.3) is 0 Å². The monoisotopic (exact) mass is 452 g/mol. The summed E-state index contributed by atoms with van der Waals surface area (Å²) < 4.78 is 0. The number of amides is 2. The maximum atomic E-state index is 12.2. The molecule has 0 aromatic rings. The molecule has 0 rings (SSSR count). The minimum atomic E-state index is -1.08. The molecule has 2 amide bonds. The van der Waals surface area contributed by atoms with E-state index in [-0.39, 0.29) is 11.7 Å². The van der Waals surface area contributed by atoms with Gasteiger partial charge in [0.05, 0.1) is 0 Å². The number of carbonyl (C=O) groups excluding carboxylic acids is 2. The highest BCUT2D eigenvalue weighted by atomic mass is 32.2. The first-order valence-electron chi connectivity index (χ1n) is 10.9. The first-order valence-corrected chi connectivity index (χ1v) is 12.0. The summed E-state index contributed by atoms with van der Waals surface area (Å²) in [5.41, 5.74) is 4.03. The molecule has 0 fully saturated rings. The summed E-state index contributed by atoms with van der Waals surface area (Å²) in [5.74, 6) is -0.901. The average Bonchev–Trinajstić information content (AvgIpc) is 2.67. The van der Waals surface area contributed by atoms with Crippen LogP contribution < -0.4 is 10.6 Å². The van der Waals surface area contributed by atoms with E-state index in [0.717, 1.165) is 25.7 Å². The normalized spacial score (nSPS) is 13.9. The van der Waals surface area contributed by atoms with Gasteiger partial charge in [-0.1, -0.05) is 41.9 Å². The van der Waals surface area contributed by atoms with Crippen molar-refractivity contribution in [2.45, 2.75) is 85.7 Å².